The molecule has 0 aromatic carbocycles. The van der Waals surface area contributed by atoms with Crippen molar-refractivity contribution in [2.45, 2.75) is 33.6 Å². The summed E-state index contributed by atoms with van der Waals surface area (Å²) in [5, 5.41) is 0. The lowest BCUT2D eigenvalue weighted by Gasteiger charge is -2.63. The molecule has 2 fully saturated rings. The van der Waals surface area contributed by atoms with E-state index in [2.05, 4.69) is 25.7 Å². The molecule has 2 aliphatic rings. The molecule has 1 heterocycles. The lowest BCUT2D eigenvalue weighted by Crippen LogP contribution is -2.64. The molecular weight excluding hydrogens is 134 g/mol. The van der Waals surface area contributed by atoms with Gasteiger partial charge in [-0.1, -0.05) is 20.8 Å². The van der Waals surface area contributed by atoms with Crippen LogP contribution >= 0.6 is 0 Å². The van der Waals surface area contributed by atoms with Crippen molar-refractivity contribution in [2.24, 2.45) is 10.8 Å². The Bertz CT molecular complexity index is 156. The fourth-order valence-electron chi connectivity index (χ4n) is 3.33. The minimum absolute atomic E-state index is 0.666. The van der Waals surface area contributed by atoms with Crippen molar-refractivity contribution < 1.29 is 0 Å². The first-order valence-corrected chi connectivity index (χ1v) is 4.78. The van der Waals surface area contributed by atoms with Crippen LogP contribution in [0.3, 0.4) is 0 Å². The van der Waals surface area contributed by atoms with E-state index in [4.69, 9.17) is 0 Å². The molecule has 0 aromatic heterocycles. The molecule has 2 rings (SSSR count). The van der Waals surface area contributed by atoms with E-state index in [0.717, 1.165) is 5.41 Å². The highest BCUT2D eigenvalue weighted by molar-refractivity contribution is 5.07. The van der Waals surface area contributed by atoms with Crippen molar-refractivity contribution in [3.63, 3.8) is 0 Å². The summed E-state index contributed by atoms with van der Waals surface area (Å²) in [5.74, 6) is 0. The van der Waals surface area contributed by atoms with E-state index in [1.54, 1.807) is 0 Å². The van der Waals surface area contributed by atoms with Crippen LogP contribution in [0.2, 0.25) is 0 Å². The van der Waals surface area contributed by atoms with Gasteiger partial charge >= 0.3 is 0 Å². The van der Waals surface area contributed by atoms with Gasteiger partial charge in [0.05, 0.1) is 0 Å². The fourth-order valence-corrected chi connectivity index (χ4v) is 3.33. The first kappa shape index (κ1) is 7.60. The molecule has 0 unspecified atom stereocenters. The van der Waals surface area contributed by atoms with Crippen LogP contribution < -0.4 is 0 Å². The molecule has 0 aromatic rings. The largest absolute Gasteiger partial charge is 0.302 e. The molecule has 0 bridgehead atoms. The summed E-state index contributed by atoms with van der Waals surface area (Å²) in [6.07, 6.45) is 2.94. The maximum absolute atomic E-state index is 2.55. The van der Waals surface area contributed by atoms with E-state index in [1.165, 1.54) is 32.5 Å². The van der Waals surface area contributed by atoms with Gasteiger partial charge in [0.1, 0.15) is 0 Å². The standard InChI is InChI=1S/C10H19N/c1-4-11-7-10(8-11)5-9(2,3)6-10/h4-8H2,1-3H3. The van der Waals surface area contributed by atoms with Crippen LogP contribution in [0, 0.1) is 10.8 Å². The van der Waals surface area contributed by atoms with Crippen molar-refractivity contribution in [3.05, 3.63) is 0 Å². The quantitative estimate of drug-likeness (QED) is 0.558. The maximum atomic E-state index is 2.55. The third-order valence-corrected chi connectivity index (χ3v) is 3.27. The number of hydrogen-bond acceptors (Lipinski definition) is 1. The number of nitrogens with zero attached hydrogens (tertiary/aromatic N) is 1. The predicted octanol–water partition coefficient (Wildman–Crippen LogP) is 2.13. The third-order valence-electron chi connectivity index (χ3n) is 3.27. The minimum atomic E-state index is 0.666. The Hall–Kier alpha value is -0.0400. The van der Waals surface area contributed by atoms with Gasteiger partial charge in [-0.15, -0.1) is 0 Å². The summed E-state index contributed by atoms with van der Waals surface area (Å²) >= 11 is 0. The van der Waals surface area contributed by atoms with Crippen LogP contribution in [0.1, 0.15) is 33.6 Å². The van der Waals surface area contributed by atoms with E-state index in [0.29, 0.717) is 5.41 Å². The summed E-state index contributed by atoms with van der Waals surface area (Å²) in [7, 11) is 0. The topological polar surface area (TPSA) is 3.24 Å². The zero-order chi connectivity index (χ0) is 8.11. The second-order valence-electron chi connectivity index (χ2n) is 5.32. The smallest absolute Gasteiger partial charge is 0.00508 e. The summed E-state index contributed by atoms with van der Waals surface area (Å²) in [4.78, 5) is 2.55. The molecule has 1 saturated carbocycles. The van der Waals surface area contributed by atoms with Gasteiger partial charge in [0.15, 0.2) is 0 Å². The van der Waals surface area contributed by atoms with Gasteiger partial charge < -0.3 is 4.90 Å². The molecule has 0 amide bonds. The van der Waals surface area contributed by atoms with E-state index >= 15 is 0 Å². The van der Waals surface area contributed by atoms with E-state index in [9.17, 15) is 0 Å². The van der Waals surface area contributed by atoms with Gasteiger partial charge in [-0.3, -0.25) is 0 Å². The molecule has 0 radical (unpaired) electrons. The Kier molecular flexibility index (Phi) is 1.39. The van der Waals surface area contributed by atoms with E-state index < -0.39 is 0 Å². The first-order chi connectivity index (χ1) is 5.05. The second kappa shape index (κ2) is 2.01. The Balaban J connectivity index is 1.83. The van der Waals surface area contributed by atoms with Crippen LogP contribution in [0.25, 0.3) is 0 Å². The van der Waals surface area contributed by atoms with E-state index in [1.807, 2.05) is 0 Å². The van der Waals surface area contributed by atoms with Crippen LogP contribution in [-0.4, -0.2) is 24.5 Å². The summed E-state index contributed by atoms with van der Waals surface area (Å²) in [6.45, 7) is 11.1. The molecule has 1 heteroatoms. The lowest BCUT2D eigenvalue weighted by atomic mass is 9.51. The Labute approximate surface area is 69.8 Å². The van der Waals surface area contributed by atoms with Crippen molar-refractivity contribution >= 4 is 0 Å². The van der Waals surface area contributed by atoms with Crippen molar-refractivity contribution in [3.8, 4) is 0 Å². The van der Waals surface area contributed by atoms with Crippen molar-refractivity contribution in [2.75, 3.05) is 19.6 Å². The number of rotatable bonds is 1. The zero-order valence-electron chi connectivity index (χ0n) is 7.98. The van der Waals surface area contributed by atoms with Crippen LogP contribution in [0.4, 0.5) is 0 Å². The summed E-state index contributed by atoms with van der Waals surface area (Å²) in [5.41, 5.74) is 1.44. The van der Waals surface area contributed by atoms with Crippen LogP contribution in [0.15, 0.2) is 0 Å². The van der Waals surface area contributed by atoms with Gasteiger partial charge in [-0.2, -0.15) is 0 Å². The SMILES string of the molecule is CCN1CC2(C1)CC(C)(C)C2. The van der Waals surface area contributed by atoms with Crippen molar-refractivity contribution in [1.29, 1.82) is 0 Å². The van der Waals surface area contributed by atoms with Crippen LogP contribution in [0.5, 0.6) is 0 Å². The average molecular weight is 153 g/mol. The molecule has 1 saturated heterocycles. The third kappa shape index (κ3) is 1.10. The Morgan fingerprint density at radius 1 is 1.18 bits per heavy atom. The average Bonchev–Trinajstić information content (AvgIpc) is 1.75. The van der Waals surface area contributed by atoms with Gasteiger partial charge in [0.25, 0.3) is 0 Å². The fraction of sp³-hybridized carbons (Fsp3) is 1.00. The van der Waals surface area contributed by atoms with Gasteiger partial charge in [0.2, 0.25) is 0 Å². The van der Waals surface area contributed by atoms with Crippen molar-refractivity contribution in [1.82, 2.24) is 4.90 Å². The number of hydrogen-bond donors (Lipinski definition) is 0. The normalized spacial score (nSPS) is 33.0. The predicted molar refractivity (Wildman–Crippen MR) is 47.6 cm³/mol. The summed E-state index contributed by atoms with van der Waals surface area (Å²) < 4.78 is 0. The van der Waals surface area contributed by atoms with Gasteiger partial charge in [-0.25, -0.2) is 0 Å². The Morgan fingerprint density at radius 3 is 2.09 bits per heavy atom. The van der Waals surface area contributed by atoms with Gasteiger partial charge in [-0.05, 0) is 30.2 Å². The van der Waals surface area contributed by atoms with E-state index in [-0.39, 0.29) is 0 Å². The minimum Gasteiger partial charge on any atom is -0.302 e. The summed E-state index contributed by atoms with van der Waals surface area (Å²) in [6, 6.07) is 0. The molecule has 11 heavy (non-hydrogen) atoms. The molecule has 1 nitrogen and oxygen atoms in total. The molecule has 64 valence electrons. The Morgan fingerprint density at radius 2 is 1.73 bits per heavy atom. The molecule has 1 aliphatic carbocycles. The molecule has 1 aliphatic heterocycles. The second-order valence-corrected chi connectivity index (χ2v) is 5.32. The highest BCUT2D eigenvalue weighted by Crippen LogP contribution is 2.58. The molecule has 1 spiro atoms. The first-order valence-electron chi connectivity index (χ1n) is 4.78. The highest BCUT2D eigenvalue weighted by atomic mass is 15.2. The van der Waals surface area contributed by atoms with Gasteiger partial charge in [0, 0.05) is 13.1 Å². The molecule has 0 atom stereocenters. The maximum Gasteiger partial charge on any atom is 0.00508 e. The highest BCUT2D eigenvalue weighted by Gasteiger charge is 2.54. The monoisotopic (exact) mass is 153 g/mol. The molecule has 0 N–H and O–H groups in total. The zero-order valence-corrected chi connectivity index (χ0v) is 7.98. The lowest BCUT2D eigenvalue weighted by molar-refractivity contribution is -0.126. The van der Waals surface area contributed by atoms with Crippen LogP contribution in [-0.2, 0) is 0 Å². The molecular formula is C10H19N. The number of likely N-dealkylation sites (tertiary alicyclic amines) is 1.